The zero-order valence-electron chi connectivity index (χ0n) is 14.8. The van der Waals surface area contributed by atoms with Gasteiger partial charge < -0.3 is 5.32 Å². The van der Waals surface area contributed by atoms with Crippen LogP contribution in [-0.4, -0.2) is 28.9 Å². The maximum atomic E-state index is 12.9. The van der Waals surface area contributed by atoms with E-state index in [0.29, 0.717) is 16.9 Å². The van der Waals surface area contributed by atoms with Gasteiger partial charge in [0.15, 0.2) is 16.8 Å². The molecule has 0 bridgehead atoms. The zero-order valence-corrected chi connectivity index (χ0v) is 15.6. The van der Waals surface area contributed by atoms with E-state index in [-0.39, 0.29) is 10.9 Å². The Bertz CT molecular complexity index is 967. The number of hydrogen-bond donors (Lipinski definition) is 1. The summed E-state index contributed by atoms with van der Waals surface area (Å²) in [7, 11) is 0. The number of carbonyl (C=O) groups is 3. The van der Waals surface area contributed by atoms with Crippen molar-refractivity contribution in [1.29, 1.82) is 0 Å². The van der Waals surface area contributed by atoms with E-state index in [0.717, 1.165) is 5.56 Å². The van der Waals surface area contributed by atoms with Crippen LogP contribution in [0.25, 0.3) is 0 Å². The van der Waals surface area contributed by atoms with Crippen molar-refractivity contribution >= 4 is 52.5 Å². The van der Waals surface area contributed by atoms with Crippen molar-refractivity contribution in [1.82, 2.24) is 5.32 Å². The summed E-state index contributed by atoms with van der Waals surface area (Å²) in [6.45, 7) is 3.40. The van der Waals surface area contributed by atoms with E-state index >= 15 is 0 Å². The van der Waals surface area contributed by atoms with Crippen LogP contribution in [0.15, 0.2) is 53.5 Å². The molecule has 1 aliphatic heterocycles. The highest BCUT2D eigenvalue weighted by Gasteiger charge is 2.38. The normalized spacial score (nSPS) is 17.3. The Kier molecular flexibility index (Phi) is 5.23. The summed E-state index contributed by atoms with van der Waals surface area (Å²) in [6.07, 6.45) is 1.28. The average Bonchev–Trinajstić information content (AvgIpc) is 2.63. The number of hydrogen-bond acceptors (Lipinski definition) is 5. The van der Waals surface area contributed by atoms with Crippen LogP contribution >= 0.6 is 12.2 Å². The van der Waals surface area contributed by atoms with Gasteiger partial charge in [0.05, 0.1) is 11.4 Å². The molecule has 0 aromatic heterocycles. The molecule has 0 saturated carbocycles. The van der Waals surface area contributed by atoms with Crippen molar-refractivity contribution in [2.24, 2.45) is 10.9 Å². The number of ketones is 1. The number of amides is 2. The fourth-order valence-corrected chi connectivity index (χ4v) is 2.92. The van der Waals surface area contributed by atoms with Crippen LogP contribution in [0.1, 0.15) is 22.8 Å². The first-order valence-corrected chi connectivity index (χ1v) is 8.68. The predicted molar refractivity (Wildman–Crippen MR) is 107 cm³/mol. The fraction of sp³-hybridized carbons (Fsp3) is 0.150. The van der Waals surface area contributed by atoms with Crippen molar-refractivity contribution in [3.05, 3.63) is 59.7 Å². The van der Waals surface area contributed by atoms with Gasteiger partial charge >= 0.3 is 0 Å². The lowest BCUT2D eigenvalue weighted by atomic mass is 10.1. The van der Waals surface area contributed by atoms with Gasteiger partial charge in [0.2, 0.25) is 5.91 Å². The number of carbonyl (C=O) groups excluding carboxylic acids is 3. The van der Waals surface area contributed by atoms with E-state index in [2.05, 4.69) is 10.3 Å². The largest absolute Gasteiger partial charge is 0.301 e. The van der Waals surface area contributed by atoms with E-state index in [1.54, 1.807) is 36.4 Å². The minimum absolute atomic E-state index is 0.0390. The fourth-order valence-electron chi connectivity index (χ4n) is 2.63. The van der Waals surface area contributed by atoms with Gasteiger partial charge in [0.25, 0.3) is 5.91 Å². The maximum absolute atomic E-state index is 12.9. The topological polar surface area (TPSA) is 78.8 Å². The number of nitrogens with zero attached hydrogens (tertiary/aromatic N) is 2. The van der Waals surface area contributed by atoms with E-state index in [9.17, 15) is 14.4 Å². The first kappa shape index (κ1) is 18.6. The average molecular weight is 379 g/mol. The highest BCUT2D eigenvalue weighted by molar-refractivity contribution is 7.80. The second kappa shape index (κ2) is 7.59. The molecule has 0 aliphatic carbocycles. The minimum Gasteiger partial charge on any atom is -0.301 e. The number of anilines is 1. The number of aliphatic imine (C=N–C) groups is 1. The summed E-state index contributed by atoms with van der Waals surface area (Å²) in [6, 6.07) is 13.9. The summed E-state index contributed by atoms with van der Waals surface area (Å²) < 4.78 is 0. The van der Waals surface area contributed by atoms with Gasteiger partial charge in [-0.1, -0.05) is 29.8 Å². The molecule has 1 N–H and O–H groups in total. The lowest BCUT2D eigenvalue weighted by Gasteiger charge is -2.30. The monoisotopic (exact) mass is 379 g/mol. The second-order valence-electron chi connectivity index (χ2n) is 6.17. The quantitative estimate of drug-likeness (QED) is 0.383. The highest BCUT2D eigenvalue weighted by Crippen LogP contribution is 2.22. The van der Waals surface area contributed by atoms with Crippen molar-refractivity contribution in [2.75, 3.05) is 4.90 Å². The second-order valence-corrected chi connectivity index (χ2v) is 6.55. The van der Waals surface area contributed by atoms with Crippen LogP contribution in [0.2, 0.25) is 0 Å². The number of thiocarbonyl (C=S) groups is 1. The van der Waals surface area contributed by atoms with Crippen LogP contribution in [0.4, 0.5) is 11.4 Å². The third-order valence-electron chi connectivity index (χ3n) is 4.12. The standard InChI is InChI=1S/C20H17N3O3S/c1-12-6-8-16(9-7-12)23-19(26)17(18(25)22-20(23)27)11-21-15-5-3-4-14(10-15)13(2)24/h3-11,17H,1-2H3,(H,22,25,27)/t17-/m1/s1. The summed E-state index contributed by atoms with van der Waals surface area (Å²) in [5.74, 6) is -2.20. The van der Waals surface area contributed by atoms with Gasteiger partial charge in [0.1, 0.15) is 0 Å². The molecule has 1 fully saturated rings. The Balaban J connectivity index is 1.88. The molecule has 1 heterocycles. The Morgan fingerprint density at radius 1 is 1.19 bits per heavy atom. The molecule has 3 rings (SSSR count). The minimum atomic E-state index is -1.11. The number of benzene rings is 2. The molecule has 0 radical (unpaired) electrons. The molecule has 6 nitrogen and oxygen atoms in total. The van der Waals surface area contributed by atoms with Crippen molar-refractivity contribution in [3.63, 3.8) is 0 Å². The molecule has 2 amide bonds. The molecule has 27 heavy (non-hydrogen) atoms. The van der Waals surface area contributed by atoms with Crippen molar-refractivity contribution in [3.8, 4) is 0 Å². The molecule has 7 heteroatoms. The number of aryl methyl sites for hydroxylation is 1. The van der Waals surface area contributed by atoms with Gasteiger partial charge in [-0.15, -0.1) is 0 Å². The Labute approximate surface area is 161 Å². The molecule has 1 aliphatic rings. The van der Waals surface area contributed by atoms with Crippen LogP contribution in [0.5, 0.6) is 0 Å². The summed E-state index contributed by atoms with van der Waals surface area (Å²) in [5.41, 5.74) is 2.61. The molecule has 1 atom stereocenters. The smallest absolute Gasteiger partial charge is 0.251 e. The third kappa shape index (κ3) is 3.98. The SMILES string of the molecule is CC(=O)c1cccc(N=C[C@@H]2C(=O)NC(=S)N(c3ccc(C)cc3)C2=O)c1. The molecule has 2 aromatic rings. The first-order chi connectivity index (χ1) is 12.9. The molecule has 2 aromatic carbocycles. The van der Waals surface area contributed by atoms with Gasteiger partial charge in [0, 0.05) is 11.8 Å². The van der Waals surface area contributed by atoms with Crippen molar-refractivity contribution < 1.29 is 14.4 Å². The number of nitrogens with one attached hydrogen (secondary N) is 1. The van der Waals surface area contributed by atoms with E-state index in [1.165, 1.54) is 18.0 Å². The third-order valence-corrected chi connectivity index (χ3v) is 4.40. The number of Topliss-reactive ketones (excluding diaryl/α,β-unsaturated/α-hetero) is 1. The van der Waals surface area contributed by atoms with Crippen molar-refractivity contribution in [2.45, 2.75) is 13.8 Å². The Morgan fingerprint density at radius 3 is 2.56 bits per heavy atom. The van der Waals surface area contributed by atoms with E-state index in [1.807, 2.05) is 19.1 Å². The lowest BCUT2D eigenvalue weighted by molar-refractivity contribution is -0.130. The maximum Gasteiger partial charge on any atom is 0.251 e. The molecular weight excluding hydrogens is 362 g/mol. The van der Waals surface area contributed by atoms with Gasteiger partial charge in [-0.3, -0.25) is 24.3 Å². The number of rotatable bonds is 4. The van der Waals surface area contributed by atoms with E-state index in [4.69, 9.17) is 12.2 Å². The molecule has 0 spiro atoms. The summed E-state index contributed by atoms with van der Waals surface area (Å²) in [4.78, 5) is 42.1. The van der Waals surface area contributed by atoms with Gasteiger partial charge in [-0.25, -0.2) is 0 Å². The van der Waals surface area contributed by atoms with Gasteiger partial charge in [-0.2, -0.15) is 0 Å². The Morgan fingerprint density at radius 2 is 1.89 bits per heavy atom. The van der Waals surface area contributed by atoms with Crippen LogP contribution < -0.4 is 10.2 Å². The van der Waals surface area contributed by atoms with Crippen LogP contribution in [0.3, 0.4) is 0 Å². The van der Waals surface area contributed by atoms with Gasteiger partial charge in [-0.05, 0) is 50.3 Å². The lowest BCUT2D eigenvalue weighted by Crippen LogP contribution is -2.58. The molecule has 0 unspecified atom stereocenters. The van der Waals surface area contributed by atoms with E-state index < -0.39 is 17.7 Å². The molecule has 136 valence electrons. The first-order valence-electron chi connectivity index (χ1n) is 8.27. The molecular formula is C20H17N3O3S. The molecule has 1 saturated heterocycles. The zero-order chi connectivity index (χ0) is 19.6. The Hall–Kier alpha value is -3.19. The summed E-state index contributed by atoms with van der Waals surface area (Å²) in [5, 5.41) is 2.58. The van der Waals surface area contributed by atoms with Crippen LogP contribution in [-0.2, 0) is 9.59 Å². The van der Waals surface area contributed by atoms with Crippen LogP contribution in [0, 0.1) is 12.8 Å². The highest BCUT2D eigenvalue weighted by atomic mass is 32.1. The predicted octanol–water partition coefficient (Wildman–Crippen LogP) is 2.96. The summed E-state index contributed by atoms with van der Waals surface area (Å²) >= 11 is 5.16.